The van der Waals surface area contributed by atoms with Gasteiger partial charge in [-0.05, 0) is 56.3 Å². The first-order chi connectivity index (χ1) is 12.0. The van der Waals surface area contributed by atoms with Gasteiger partial charge in [0.05, 0.1) is 25.7 Å². The van der Waals surface area contributed by atoms with Crippen molar-refractivity contribution in [2.75, 3.05) is 26.8 Å². The predicted octanol–water partition coefficient (Wildman–Crippen LogP) is 3.72. The molecule has 2 rings (SSSR count). The van der Waals surface area contributed by atoms with E-state index in [9.17, 15) is 4.79 Å². The standard InChI is InChI=1S/C20H32N2O3.ClH/c1-14(2)9-11-25-18-8-7-16(12-19(18)24-4)15(3)22-20(23)17-6-5-10-21-13-17;/h7-8,12,14-15,17,21H,5-6,9-11,13H2,1-4H3,(H,22,23);1H. The van der Waals surface area contributed by atoms with Gasteiger partial charge in [-0.3, -0.25) is 4.79 Å². The van der Waals surface area contributed by atoms with Gasteiger partial charge in [-0.1, -0.05) is 19.9 Å². The summed E-state index contributed by atoms with van der Waals surface area (Å²) in [6, 6.07) is 5.82. The number of ether oxygens (including phenoxy) is 2. The van der Waals surface area contributed by atoms with Crippen LogP contribution in [-0.2, 0) is 4.79 Å². The maximum atomic E-state index is 12.4. The van der Waals surface area contributed by atoms with Gasteiger partial charge in [-0.15, -0.1) is 12.4 Å². The minimum Gasteiger partial charge on any atom is -0.493 e. The van der Waals surface area contributed by atoms with E-state index in [0.717, 1.165) is 43.7 Å². The van der Waals surface area contributed by atoms with Crippen LogP contribution in [-0.4, -0.2) is 32.7 Å². The first-order valence-corrected chi connectivity index (χ1v) is 9.33. The molecule has 1 amide bonds. The van der Waals surface area contributed by atoms with Gasteiger partial charge >= 0.3 is 0 Å². The molecule has 2 atom stereocenters. The molecule has 26 heavy (non-hydrogen) atoms. The summed E-state index contributed by atoms with van der Waals surface area (Å²) < 4.78 is 11.3. The Kier molecular flexibility index (Phi) is 9.81. The van der Waals surface area contributed by atoms with Crippen LogP contribution in [0.15, 0.2) is 18.2 Å². The monoisotopic (exact) mass is 384 g/mol. The highest BCUT2D eigenvalue weighted by Gasteiger charge is 2.22. The molecular formula is C20H33ClN2O3. The van der Waals surface area contributed by atoms with Gasteiger partial charge in [0.1, 0.15) is 0 Å². The van der Waals surface area contributed by atoms with Crippen molar-refractivity contribution in [1.29, 1.82) is 0 Å². The quantitative estimate of drug-likeness (QED) is 0.717. The van der Waals surface area contributed by atoms with Crippen LogP contribution >= 0.6 is 12.4 Å². The lowest BCUT2D eigenvalue weighted by Gasteiger charge is -2.24. The fraction of sp³-hybridized carbons (Fsp3) is 0.650. The Hall–Kier alpha value is -1.46. The average molecular weight is 385 g/mol. The second kappa shape index (κ2) is 11.3. The lowest BCUT2D eigenvalue weighted by atomic mass is 9.98. The molecule has 1 aromatic carbocycles. The van der Waals surface area contributed by atoms with Crippen molar-refractivity contribution >= 4 is 18.3 Å². The van der Waals surface area contributed by atoms with Crippen LogP contribution in [0.1, 0.15) is 51.6 Å². The first-order valence-electron chi connectivity index (χ1n) is 9.33. The Bertz CT molecular complexity index is 560. The molecular weight excluding hydrogens is 352 g/mol. The van der Waals surface area contributed by atoms with Gasteiger partial charge < -0.3 is 20.1 Å². The summed E-state index contributed by atoms with van der Waals surface area (Å²) in [5.74, 6) is 2.26. The second-order valence-corrected chi connectivity index (χ2v) is 7.21. The van der Waals surface area contributed by atoms with Crippen LogP contribution in [0.3, 0.4) is 0 Å². The lowest BCUT2D eigenvalue weighted by Crippen LogP contribution is -2.41. The van der Waals surface area contributed by atoms with Crippen molar-refractivity contribution in [3.8, 4) is 11.5 Å². The number of amides is 1. The highest BCUT2D eigenvalue weighted by atomic mass is 35.5. The molecule has 1 aliphatic heterocycles. The number of nitrogens with one attached hydrogen (secondary N) is 2. The topological polar surface area (TPSA) is 59.6 Å². The highest BCUT2D eigenvalue weighted by molar-refractivity contribution is 5.85. The minimum absolute atomic E-state index is 0. The van der Waals surface area contributed by atoms with E-state index in [1.54, 1.807) is 7.11 Å². The number of rotatable bonds is 8. The van der Waals surface area contributed by atoms with Gasteiger partial charge in [0.15, 0.2) is 11.5 Å². The summed E-state index contributed by atoms with van der Waals surface area (Å²) in [4.78, 5) is 12.4. The second-order valence-electron chi connectivity index (χ2n) is 7.21. The Morgan fingerprint density at radius 2 is 2.08 bits per heavy atom. The van der Waals surface area contributed by atoms with Crippen molar-refractivity contribution in [1.82, 2.24) is 10.6 Å². The van der Waals surface area contributed by atoms with Crippen molar-refractivity contribution in [3.05, 3.63) is 23.8 Å². The lowest BCUT2D eigenvalue weighted by molar-refractivity contribution is -0.126. The zero-order chi connectivity index (χ0) is 18.2. The maximum absolute atomic E-state index is 12.4. The van der Waals surface area contributed by atoms with Crippen LogP contribution in [0, 0.1) is 11.8 Å². The third kappa shape index (κ3) is 6.69. The van der Waals surface area contributed by atoms with Crippen LogP contribution in [0.4, 0.5) is 0 Å². The number of carbonyl (C=O) groups is 1. The van der Waals surface area contributed by atoms with Crippen LogP contribution in [0.2, 0.25) is 0 Å². The molecule has 1 heterocycles. The van der Waals surface area contributed by atoms with E-state index in [-0.39, 0.29) is 30.3 Å². The third-order valence-corrected chi connectivity index (χ3v) is 4.67. The van der Waals surface area contributed by atoms with Crippen LogP contribution in [0.5, 0.6) is 11.5 Å². The van der Waals surface area contributed by atoms with Crippen molar-refractivity contribution in [2.45, 2.75) is 46.1 Å². The normalized spacial score (nSPS) is 18.0. The molecule has 0 spiro atoms. The van der Waals surface area contributed by atoms with Gasteiger partial charge in [-0.25, -0.2) is 0 Å². The Morgan fingerprint density at radius 1 is 1.31 bits per heavy atom. The number of benzene rings is 1. The molecule has 2 N–H and O–H groups in total. The Balaban J connectivity index is 0.00000338. The smallest absolute Gasteiger partial charge is 0.224 e. The van der Waals surface area contributed by atoms with Gasteiger partial charge in [-0.2, -0.15) is 0 Å². The fourth-order valence-corrected chi connectivity index (χ4v) is 2.97. The summed E-state index contributed by atoms with van der Waals surface area (Å²) in [7, 11) is 1.64. The zero-order valence-electron chi connectivity index (χ0n) is 16.3. The molecule has 0 aliphatic carbocycles. The number of halogens is 1. The minimum atomic E-state index is -0.0620. The summed E-state index contributed by atoms with van der Waals surface area (Å²) in [5.41, 5.74) is 1.02. The summed E-state index contributed by atoms with van der Waals surface area (Å²) in [5, 5.41) is 6.40. The Morgan fingerprint density at radius 3 is 2.69 bits per heavy atom. The van der Waals surface area contributed by atoms with Gasteiger partial charge in [0.25, 0.3) is 0 Å². The SMILES string of the molecule is COc1cc(C(C)NC(=O)C2CCCNC2)ccc1OCCC(C)C.Cl. The number of hydrogen-bond acceptors (Lipinski definition) is 4. The fourth-order valence-electron chi connectivity index (χ4n) is 2.97. The van der Waals surface area contributed by atoms with E-state index in [0.29, 0.717) is 18.3 Å². The molecule has 2 unspecified atom stereocenters. The predicted molar refractivity (Wildman–Crippen MR) is 107 cm³/mol. The molecule has 0 bridgehead atoms. The van der Waals surface area contributed by atoms with Crippen molar-refractivity contribution in [3.63, 3.8) is 0 Å². The van der Waals surface area contributed by atoms with E-state index in [1.165, 1.54) is 0 Å². The first kappa shape index (κ1) is 22.6. The zero-order valence-corrected chi connectivity index (χ0v) is 17.2. The molecule has 1 aromatic rings. The van der Waals surface area contributed by atoms with E-state index in [4.69, 9.17) is 9.47 Å². The molecule has 5 nitrogen and oxygen atoms in total. The van der Waals surface area contributed by atoms with Crippen molar-refractivity contribution in [2.24, 2.45) is 11.8 Å². The van der Waals surface area contributed by atoms with E-state index in [2.05, 4.69) is 24.5 Å². The average Bonchev–Trinajstić information content (AvgIpc) is 2.62. The van der Waals surface area contributed by atoms with E-state index < -0.39 is 0 Å². The van der Waals surface area contributed by atoms with Crippen LogP contribution < -0.4 is 20.1 Å². The van der Waals surface area contributed by atoms with E-state index in [1.807, 2.05) is 25.1 Å². The Labute approximate surface area is 163 Å². The molecule has 1 fully saturated rings. The number of piperidine rings is 1. The number of methoxy groups -OCH3 is 1. The summed E-state index contributed by atoms with van der Waals surface area (Å²) in [6.07, 6.45) is 3.02. The summed E-state index contributed by atoms with van der Waals surface area (Å²) >= 11 is 0. The number of hydrogen-bond donors (Lipinski definition) is 2. The van der Waals surface area contributed by atoms with Crippen LogP contribution in [0.25, 0.3) is 0 Å². The molecule has 0 aromatic heterocycles. The molecule has 0 saturated carbocycles. The largest absolute Gasteiger partial charge is 0.493 e. The van der Waals surface area contributed by atoms with E-state index >= 15 is 0 Å². The molecule has 0 radical (unpaired) electrons. The molecule has 1 aliphatic rings. The number of carbonyl (C=O) groups excluding carboxylic acids is 1. The van der Waals surface area contributed by atoms with Crippen molar-refractivity contribution < 1.29 is 14.3 Å². The molecule has 6 heteroatoms. The molecule has 1 saturated heterocycles. The summed E-state index contributed by atoms with van der Waals surface area (Å²) in [6.45, 7) is 8.81. The van der Waals surface area contributed by atoms with Gasteiger partial charge in [0, 0.05) is 6.54 Å². The highest BCUT2D eigenvalue weighted by Crippen LogP contribution is 2.30. The molecule has 148 valence electrons. The van der Waals surface area contributed by atoms with Gasteiger partial charge in [0.2, 0.25) is 5.91 Å². The third-order valence-electron chi connectivity index (χ3n) is 4.67. The maximum Gasteiger partial charge on any atom is 0.224 e.